The van der Waals surface area contributed by atoms with E-state index in [1.165, 1.54) is 0 Å². The van der Waals surface area contributed by atoms with Crippen molar-refractivity contribution in [2.45, 2.75) is 20.0 Å². The first-order chi connectivity index (χ1) is 3.81. The van der Waals surface area contributed by atoms with Gasteiger partial charge in [0.1, 0.15) is 6.67 Å². The van der Waals surface area contributed by atoms with Crippen molar-refractivity contribution in [3.63, 3.8) is 0 Å². The van der Waals surface area contributed by atoms with E-state index in [9.17, 15) is 8.78 Å². The van der Waals surface area contributed by atoms with Crippen LogP contribution < -0.4 is 0 Å². The Bertz CT molecular complexity index is 29.6. The molecule has 1 nitrogen and oxygen atoms in total. The summed E-state index contributed by atoms with van der Waals surface area (Å²) < 4.78 is 22.1. The minimum absolute atomic E-state index is 0.712. The molecule has 52 valence electrons. The lowest BCUT2D eigenvalue weighted by molar-refractivity contribution is 0.151. The van der Waals surface area contributed by atoms with Crippen molar-refractivity contribution in [2.75, 3.05) is 13.3 Å². The van der Waals surface area contributed by atoms with Crippen molar-refractivity contribution in [2.24, 2.45) is 0 Å². The number of rotatable bonds is 2. The molecule has 1 atom stereocenters. The maximum absolute atomic E-state index is 11.2. The predicted molar refractivity (Wildman–Crippen MR) is 29.3 cm³/mol. The standard InChI is InChI=1S/C3H6F2O.C2H6/c4-1-3(5)2-6;1-2/h3,6H,1-2H2;1-2H3/t3-;/m0./s1. The highest BCUT2D eigenvalue weighted by Gasteiger charge is 1.98. The number of hydrogen-bond acceptors (Lipinski definition) is 1. The molecule has 0 heterocycles. The van der Waals surface area contributed by atoms with Crippen molar-refractivity contribution in [3.8, 4) is 0 Å². The quantitative estimate of drug-likeness (QED) is 0.591. The molecule has 0 saturated carbocycles. The largest absolute Gasteiger partial charge is 0.393 e. The monoisotopic (exact) mass is 126 g/mol. The van der Waals surface area contributed by atoms with Crippen LogP contribution in [0.5, 0.6) is 0 Å². The SMILES string of the molecule is CC.OC[C@@H](F)CF. The molecule has 0 aromatic heterocycles. The van der Waals surface area contributed by atoms with Gasteiger partial charge in [-0.15, -0.1) is 0 Å². The lowest BCUT2D eigenvalue weighted by Gasteiger charge is -1.91. The Balaban J connectivity index is 0. The van der Waals surface area contributed by atoms with E-state index in [-0.39, 0.29) is 0 Å². The van der Waals surface area contributed by atoms with Crippen molar-refractivity contribution < 1.29 is 13.9 Å². The number of hydrogen-bond donors (Lipinski definition) is 1. The highest BCUT2D eigenvalue weighted by atomic mass is 19.2. The van der Waals surface area contributed by atoms with Gasteiger partial charge in [0.15, 0.2) is 6.17 Å². The fourth-order valence-electron chi connectivity index (χ4n) is 0.0488. The number of aliphatic hydroxyl groups excluding tert-OH is 1. The first-order valence-electron chi connectivity index (χ1n) is 2.62. The van der Waals surface area contributed by atoms with Crippen molar-refractivity contribution >= 4 is 0 Å². The highest BCUT2D eigenvalue weighted by Crippen LogP contribution is 1.86. The number of aliphatic hydroxyl groups is 1. The zero-order valence-corrected chi connectivity index (χ0v) is 5.19. The molecule has 0 aromatic rings. The summed E-state index contributed by atoms with van der Waals surface area (Å²) in [6, 6.07) is 0. The predicted octanol–water partition coefficient (Wildman–Crippen LogP) is 1.31. The van der Waals surface area contributed by atoms with Gasteiger partial charge in [-0.25, -0.2) is 8.78 Å². The van der Waals surface area contributed by atoms with Crippen LogP contribution in [0.25, 0.3) is 0 Å². The fourth-order valence-corrected chi connectivity index (χ4v) is 0.0488. The van der Waals surface area contributed by atoms with Gasteiger partial charge in [0.05, 0.1) is 6.61 Å². The lowest BCUT2D eigenvalue weighted by Crippen LogP contribution is -2.06. The van der Waals surface area contributed by atoms with Crippen molar-refractivity contribution in [1.29, 1.82) is 0 Å². The Morgan fingerprint density at radius 2 is 1.88 bits per heavy atom. The van der Waals surface area contributed by atoms with Crippen molar-refractivity contribution in [1.82, 2.24) is 0 Å². The third kappa shape index (κ3) is 9.27. The minimum Gasteiger partial charge on any atom is -0.393 e. The molecule has 8 heavy (non-hydrogen) atoms. The third-order valence-electron chi connectivity index (χ3n) is 0.366. The molecular formula is C5H12F2O. The number of halogens is 2. The Morgan fingerprint density at radius 3 is 1.88 bits per heavy atom. The summed E-state index contributed by atoms with van der Waals surface area (Å²) in [7, 11) is 0. The van der Waals surface area contributed by atoms with E-state index >= 15 is 0 Å². The molecule has 0 amide bonds. The summed E-state index contributed by atoms with van der Waals surface area (Å²) in [4.78, 5) is 0. The van der Waals surface area contributed by atoms with Crippen LogP contribution in [-0.2, 0) is 0 Å². The molecule has 0 aliphatic rings. The molecule has 0 aromatic carbocycles. The molecule has 1 N–H and O–H groups in total. The molecule has 0 spiro atoms. The Labute approximate surface area is 48.3 Å². The first-order valence-corrected chi connectivity index (χ1v) is 2.62. The molecule has 3 heteroatoms. The lowest BCUT2D eigenvalue weighted by atomic mass is 10.5. The second-order valence-corrected chi connectivity index (χ2v) is 0.934. The van der Waals surface area contributed by atoms with Gasteiger partial charge < -0.3 is 5.11 Å². The van der Waals surface area contributed by atoms with Crippen LogP contribution in [0.4, 0.5) is 8.78 Å². The molecule has 0 aliphatic heterocycles. The zero-order valence-electron chi connectivity index (χ0n) is 5.19. The summed E-state index contributed by atoms with van der Waals surface area (Å²) in [6.45, 7) is 2.20. The van der Waals surface area contributed by atoms with Gasteiger partial charge in [-0.1, -0.05) is 13.8 Å². The van der Waals surface area contributed by atoms with Gasteiger partial charge in [0.2, 0.25) is 0 Å². The summed E-state index contributed by atoms with van der Waals surface area (Å²) in [6.07, 6.45) is -1.68. The fraction of sp³-hybridized carbons (Fsp3) is 1.00. The molecule has 0 radical (unpaired) electrons. The molecule has 0 fully saturated rings. The van der Waals surface area contributed by atoms with E-state index in [1.807, 2.05) is 13.8 Å². The van der Waals surface area contributed by atoms with Crippen LogP contribution in [0.1, 0.15) is 13.8 Å². The molecule has 0 saturated heterocycles. The molecule has 0 bridgehead atoms. The van der Waals surface area contributed by atoms with Gasteiger partial charge in [-0.3, -0.25) is 0 Å². The van der Waals surface area contributed by atoms with Gasteiger partial charge in [-0.2, -0.15) is 0 Å². The van der Waals surface area contributed by atoms with Gasteiger partial charge in [0, 0.05) is 0 Å². The second kappa shape index (κ2) is 9.94. The van der Waals surface area contributed by atoms with Crippen LogP contribution in [0.15, 0.2) is 0 Å². The van der Waals surface area contributed by atoms with Crippen LogP contribution in [0, 0.1) is 0 Å². The summed E-state index contributed by atoms with van der Waals surface area (Å²) in [5.74, 6) is 0. The van der Waals surface area contributed by atoms with Gasteiger partial charge >= 0.3 is 0 Å². The van der Waals surface area contributed by atoms with Crippen molar-refractivity contribution in [3.05, 3.63) is 0 Å². The van der Waals surface area contributed by atoms with Gasteiger partial charge in [0.25, 0.3) is 0 Å². The topological polar surface area (TPSA) is 20.2 Å². The molecule has 0 aliphatic carbocycles. The molecular weight excluding hydrogens is 114 g/mol. The second-order valence-electron chi connectivity index (χ2n) is 0.934. The summed E-state index contributed by atoms with van der Waals surface area (Å²) in [5, 5.41) is 7.72. The van der Waals surface area contributed by atoms with E-state index in [0.717, 1.165) is 0 Å². The van der Waals surface area contributed by atoms with E-state index < -0.39 is 19.5 Å². The molecule has 0 unspecified atom stereocenters. The van der Waals surface area contributed by atoms with E-state index in [4.69, 9.17) is 5.11 Å². The molecule has 0 rings (SSSR count). The average molecular weight is 126 g/mol. The van der Waals surface area contributed by atoms with E-state index in [0.29, 0.717) is 0 Å². The number of alkyl halides is 2. The maximum Gasteiger partial charge on any atom is 0.151 e. The van der Waals surface area contributed by atoms with Gasteiger partial charge in [-0.05, 0) is 0 Å². The highest BCUT2D eigenvalue weighted by molar-refractivity contribution is 4.45. The minimum atomic E-state index is -1.68. The average Bonchev–Trinajstić information content (AvgIpc) is 1.91. The van der Waals surface area contributed by atoms with Crippen LogP contribution >= 0.6 is 0 Å². The Morgan fingerprint density at radius 1 is 1.50 bits per heavy atom. The first kappa shape index (κ1) is 10.7. The smallest absolute Gasteiger partial charge is 0.151 e. The zero-order chi connectivity index (χ0) is 6.99. The Kier molecular flexibility index (Phi) is 13.3. The normalized spacial score (nSPS) is 11.6. The summed E-state index contributed by atoms with van der Waals surface area (Å²) in [5.41, 5.74) is 0. The third-order valence-corrected chi connectivity index (χ3v) is 0.366. The van der Waals surface area contributed by atoms with E-state index in [1.54, 1.807) is 0 Å². The van der Waals surface area contributed by atoms with Crippen LogP contribution in [0.2, 0.25) is 0 Å². The Hall–Kier alpha value is -0.180. The van der Waals surface area contributed by atoms with Crippen LogP contribution in [-0.4, -0.2) is 24.6 Å². The summed E-state index contributed by atoms with van der Waals surface area (Å²) >= 11 is 0. The maximum atomic E-state index is 11.2. The van der Waals surface area contributed by atoms with E-state index in [2.05, 4.69) is 0 Å². The van der Waals surface area contributed by atoms with Crippen LogP contribution in [0.3, 0.4) is 0 Å².